The van der Waals surface area contributed by atoms with Crippen LogP contribution in [0.1, 0.15) is 43.3 Å². The van der Waals surface area contributed by atoms with Crippen molar-refractivity contribution in [1.29, 1.82) is 0 Å². The third kappa shape index (κ3) is 5.22. The number of thioether (sulfide) groups is 1. The van der Waals surface area contributed by atoms with Crippen LogP contribution in [0.4, 0.5) is 0 Å². The van der Waals surface area contributed by atoms with E-state index in [1.165, 1.54) is 23.4 Å². The van der Waals surface area contributed by atoms with Gasteiger partial charge in [0.1, 0.15) is 5.01 Å². The molecular formula is C19H26N4S2. The van der Waals surface area contributed by atoms with Crippen molar-refractivity contribution in [2.45, 2.75) is 48.8 Å². The zero-order chi connectivity index (χ0) is 17.7. The first-order chi connectivity index (χ1) is 12.1. The highest BCUT2D eigenvalue weighted by atomic mass is 32.2. The van der Waals surface area contributed by atoms with Crippen LogP contribution in [0, 0.1) is 0 Å². The fraction of sp³-hybridized carbons (Fsp3) is 0.474. The molecule has 2 aromatic rings. The van der Waals surface area contributed by atoms with E-state index < -0.39 is 0 Å². The highest BCUT2D eigenvalue weighted by Crippen LogP contribution is 2.51. The molecule has 0 unspecified atom stereocenters. The maximum Gasteiger partial charge on any atom is 0.191 e. The summed E-state index contributed by atoms with van der Waals surface area (Å²) in [6.45, 7) is 6.00. The molecule has 0 aliphatic heterocycles. The normalized spacial score (nSPS) is 16.1. The molecule has 4 nitrogen and oxygen atoms in total. The quantitative estimate of drug-likeness (QED) is 0.562. The van der Waals surface area contributed by atoms with Crippen LogP contribution in [-0.2, 0) is 6.54 Å². The summed E-state index contributed by atoms with van der Waals surface area (Å²) in [5.41, 5.74) is 1.17. The molecule has 25 heavy (non-hydrogen) atoms. The minimum atomic E-state index is 0.310. The molecule has 1 heterocycles. The standard InChI is InChI=1S/C19H26N4S2/c1-14(2)16-12-24-17(23-16)11-21-18(20-3)22-13-19(9-10-19)25-15-7-5-4-6-8-15/h4-8,12,14H,9-11,13H2,1-3H3,(H2,20,21,22). The molecule has 3 rings (SSSR count). The lowest BCUT2D eigenvalue weighted by atomic mass is 10.2. The lowest BCUT2D eigenvalue weighted by molar-refractivity contribution is 0.758. The van der Waals surface area contributed by atoms with E-state index in [-0.39, 0.29) is 0 Å². The molecule has 1 fully saturated rings. The molecule has 1 aliphatic carbocycles. The molecule has 0 atom stereocenters. The molecule has 0 spiro atoms. The lowest BCUT2D eigenvalue weighted by Crippen LogP contribution is -2.40. The predicted molar refractivity (Wildman–Crippen MR) is 109 cm³/mol. The Labute approximate surface area is 158 Å². The van der Waals surface area contributed by atoms with Crippen molar-refractivity contribution < 1.29 is 0 Å². The third-order valence-electron chi connectivity index (χ3n) is 4.25. The van der Waals surface area contributed by atoms with Crippen LogP contribution in [0.2, 0.25) is 0 Å². The van der Waals surface area contributed by atoms with Crippen LogP contribution in [0.25, 0.3) is 0 Å². The summed E-state index contributed by atoms with van der Waals surface area (Å²) in [4.78, 5) is 10.3. The van der Waals surface area contributed by atoms with Gasteiger partial charge >= 0.3 is 0 Å². The number of thiazole rings is 1. The largest absolute Gasteiger partial charge is 0.355 e. The molecule has 1 aliphatic rings. The first kappa shape index (κ1) is 18.3. The van der Waals surface area contributed by atoms with Crippen LogP contribution in [-0.4, -0.2) is 29.3 Å². The van der Waals surface area contributed by atoms with Crippen molar-refractivity contribution in [2.75, 3.05) is 13.6 Å². The number of aromatic nitrogens is 1. The average Bonchev–Trinajstić information content (AvgIpc) is 3.20. The minimum absolute atomic E-state index is 0.310. The zero-order valence-corrected chi connectivity index (χ0v) is 16.7. The Hall–Kier alpha value is -1.53. The summed E-state index contributed by atoms with van der Waals surface area (Å²) in [6.07, 6.45) is 2.50. The summed E-state index contributed by atoms with van der Waals surface area (Å²) >= 11 is 3.68. The second-order valence-corrected chi connectivity index (χ2v) is 9.18. The van der Waals surface area contributed by atoms with Crippen molar-refractivity contribution >= 4 is 29.1 Å². The van der Waals surface area contributed by atoms with E-state index in [1.54, 1.807) is 11.3 Å². The third-order valence-corrected chi connectivity index (χ3v) is 6.62. The summed E-state index contributed by atoms with van der Waals surface area (Å²) in [5.74, 6) is 1.33. The van der Waals surface area contributed by atoms with Crippen LogP contribution >= 0.6 is 23.1 Å². The lowest BCUT2D eigenvalue weighted by Gasteiger charge is -2.18. The molecule has 134 valence electrons. The van der Waals surface area contributed by atoms with E-state index in [0.717, 1.165) is 24.1 Å². The Kier molecular flexibility index (Phi) is 6.02. The maximum atomic E-state index is 4.66. The number of nitrogens with one attached hydrogen (secondary N) is 2. The molecule has 2 N–H and O–H groups in total. The van der Waals surface area contributed by atoms with Crippen molar-refractivity contribution in [2.24, 2.45) is 4.99 Å². The summed E-state index contributed by atoms with van der Waals surface area (Å²) in [7, 11) is 1.82. The second kappa shape index (κ2) is 8.23. The average molecular weight is 375 g/mol. The molecule has 0 amide bonds. The first-order valence-corrected chi connectivity index (χ1v) is 10.4. The van der Waals surface area contributed by atoms with E-state index in [2.05, 4.69) is 70.2 Å². The minimum Gasteiger partial charge on any atom is -0.355 e. The van der Waals surface area contributed by atoms with Gasteiger partial charge in [-0.05, 0) is 30.9 Å². The monoisotopic (exact) mass is 374 g/mol. The molecule has 0 radical (unpaired) electrons. The smallest absolute Gasteiger partial charge is 0.191 e. The van der Waals surface area contributed by atoms with Crippen LogP contribution in [0.3, 0.4) is 0 Å². The van der Waals surface area contributed by atoms with E-state index in [0.29, 0.717) is 10.7 Å². The Morgan fingerprint density at radius 3 is 2.64 bits per heavy atom. The Bertz CT molecular complexity index is 705. The van der Waals surface area contributed by atoms with Gasteiger partial charge in [-0.15, -0.1) is 23.1 Å². The fourth-order valence-electron chi connectivity index (χ4n) is 2.49. The molecule has 0 saturated heterocycles. The molecule has 1 saturated carbocycles. The molecule has 6 heteroatoms. The van der Waals surface area contributed by atoms with Gasteiger partial charge in [0.15, 0.2) is 5.96 Å². The number of hydrogen-bond acceptors (Lipinski definition) is 4. The highest BCUT2D eigenvalue weighted by Gasteiger charge is 2.43. The maximum absolute atomic E-state index is 4.66. The Morgan fingerprint density at radius 1 is 1.28 bits per heavy atom. The fourth-order valence-corrected chi connectivity index (χ4v) is 4.63. The molecular weight excluding hydrogens is 348 g/mol. The number of guanidine groups is 1. The van der Waals surface area contributed by atoms with Gasteiger partial charge in [0.2, 0.25) is 0 Å². The number of nitrogens with zero attached hydrogens (tertiary/aromatic N) is 2. The van der Waals surface area contributed by atoms with E-state index in [4.69, 9.17) is 0 Å². The number of benzene rings is 1. The summed E-state index contributed by atoms with van der Waals surface area (Å²) in [5, 5.41) is 10.1. The first-order valence-electron chi connectivity index (χ1n) is 8.73. The van der Waals surface area contributed by atoms with E-state index in [9.17, 15) is 0 Å². The van der Waals surface area contributed by atoms with E-state index in [1.807, 2.05) is 18.8 Å². The van der Waals surface area contributed by atoms with Gasteiger partial charge in [-0.3, -0.25) is 4.99 Å². The number of hydrogen-bond donors (Lipinski definition) is 2. The topological polar surface area (TPSA) is 49.3 Å². The van der Waals surface area contributed by atoms with Crippen LogP contribution in [0.15, 0.2) is 45.6 Å². The van der Waals surface area contributed by atoms with Gasteiger partial charge in [-0.1, -0.05) is 32.0 Å². The number of aliphatic imine (C=N–C) groups is 1. The highest BCUT2D eigenvalue weighted by molar-refractivity contribution is 8.01. The molecule has 0 bridgehead atoms. The van der Waals surface area contributed by atoms with Crippen molar-refractivity contribution in [3.05, 3.63) is 46.4 Å². The SMILES string of the molecule is CN=C(NCc1nc(C(C)C)cs1)NCC1(Sc2ccccc2)CC1. The van der Waals surface area contributed by atoms with Gasteiger partial charge in [0.25, 0.3) is 0 Å². The summed E-state index contributed by atoms with van der Waals surface area (Å²) in [6, 6.07) is 10.6. The molecule has 1 aromatic heterocycles. The summed E-state index contributed by atoms with van der Waals surface area (Å²) < 4.78 is 0.310. The van der Waals surface area contributed by atoms with Gasteiger partial charge in [0, 0.05) is 28.6 Å². The van der Waals surface area contributed by atoms with Gasteiger partial charge in [-0.25, -0.2) is 4.98 Å². The van der Waals surface area contributed by atoms with Crippen LogP contribution < -0.4 is 10.6 Å². The molecule has 1 aromatic carbocycles. The Balaban J connectivity index is 1.47. The van der Waals surface area contributed by atoms with Crippen molar-refractivity contribution in [3.8, 4) is 0 Å². The van der Waals surface area contributed by atoms with Gasteiger partial charge in [0.05, 0.1) is 12.2 Å². The van der Waals surface area contributed by atoms with Gasteiger partial charge < -0.3 is 10.6 Å². The number of rotatable bonds is 7. The van der Waals surface area contributed by atoms with Gasteiger partial charge in [-0.2, -0.15) is 0 Å². The zero-order valence-electron chi connectivity index (χ0n) is 15.1. The van der Waals surface area contributed by atoms with Crippen molar-refractivity contribution in [1.82, 2.24) is 15.6 Å². The van der Waals surface area contributed by atoms with E-state index >= 15 is 0 Å². The second-order valence-electron chi connectivity index (χ2n) is 6.70. The van der Waals surface area contributed by atoms with Crippen molar-refractivity contribution in [3.63, 3.8) is 0 Å². The Morgan fingerprint density at radius 2 is 2.04 bits per heavy atom. The predicted octanol–water partition coefficient (Wildman–Crippen LogP) is 4.26. The van der Waals surface area contributed by atoms with Crippen LogP contribution in [0.5, 0.6) is 0 Å².